The van der Waals surface area contributed by atoms with Gasteiger partial charge in [0.05, 0.1) is 5.69 Å². The summed E-state index contributed by atoms with van der Waals surface area (Å²) in [6.07, 6.45) is 3.79. The topological polar surface area (TPSA) is 19.4 Å². The average molecular weight is 291 g/mol. The predicted octanol–water partition coefficient (Wildman–Crippen LogP) is 2.65. The number of alkyl halides is 1. The van der Waals surface area contributed by atoms with Gasteiger partial charge in [0.15, 0.2) is 0 Å². The molecule has 1 atom stereocenters. The van der Waals surface area contributed by atoms with E-state index in [0.717, 1.165) is 31.9 Å². The molecule has 3 heterocycles. The van der Waals surface area contributed by atoms with E-state index in [2.05, 4.69) is 26.9 Å². The molecule has 0 amide bonds. The smallest absolute Gasteiger partial charge is 0.102 e. The summed E-state index contributed by atoms with van der Waals surface area (Å²) in [6, 6.07) is 6.27. The van der Waals surface area contributed by atoms with Crippen molar-refractivity contribution in [2.24, 2.45) is 5.41 Å². The lowest BCUT2D eigenvalue weighted by Crippen LogP contribution is -2.44. The number of likely N-dealkylation sites (tertiary alicyclic amines) is 2. The largest absolute Gasteiger partial charge is 0.300 e. The molecule has 3 nitrogen and oxygen atoms in total. The van der Waals surface area contributed by atoms with Crippen LogP contribution in [0.1, 0.15) is 30.7 Å². The van der Waals surface area contributed by atoms with E-state index in [9.17, 15) is 4.39 Å². The van der Waals surface area contributed by atoms with Crippen molar-refractivity contribution in [3.8, 4) is 0 Å². The zero-order valence-corrected chi connectivity index (χ0v) is 13.0. The Labute approximate surface area is 127 Å². The van der Waals surface area contributed by atoms with Crippen LogP contribution in [-0.4, -0.2) is 54.2 Å². The van der Waals surface area contributed by atoms with Gasteiger partial charge in [0.25, 0.3) is 0 Å². The Kier molecular flexibility index (Phi) is 4.55. The first-order valence-corrected chi connectivity index (χ1v) is 8.12. The standard InChI is InChI=1S/C17H26FN3/c1-15-4-2-5-16(19-15)12-21-9-3-6-17(14-21)7-10-20(13-17)11-8-18/h2,4-5H,3,6-14H2,1H3. The molecule has 1 aromatic heterocycles. The van der Waals surface area contributed by atoms with Crippen LogP contribution in [0, 0.1) is 12.3 Å². The van der Waals surface area contributed by atoms with Crippen molar-refractivity contribution in [2.45, 2.75) is 32.7 Å². The summed E-state index contributed by atoms with van der Waals surface area (Å²) in [5, 5.41) is 0. The molecule has 0 radical (unpaired) electrons. The number of nitrogens with zero attached hydrogens (tertiary/aromatic N) is 3. The number of aromatic nitrogens is 1. The van der Waals surface area contributed by atoms with Crippen LogP contribution >= 0.6 is 0 Å². The molecule has 0 saturated carbocycles. The molecule has 116 valence electrons. The van der Waals surface area contributed by atoms with Crippen LogP contribution in [-0.2, 0) is 6.54 Å². The number of halogens is 1. The molecule has 2 saturated heterocycles. The predicted molar refractivity (Wildman–Crippen MR) is 83.0 cm³/mol. The van der Waals surface area contributed by atoms with Gasteiger partial charge < -0.3 is 4.90 Å². The van der Waals surface area contributed by atoms with Crippen molar-refractivity contribution in [1.29, 1.82) is 0 Å². The fraction of sp³-hybridized carbons (Fsp3) is 0.706. The molecule has 2 fully saturated rings. The van der Waals surface area contributed by atoms with E-state index in [0.29, 0.717) is 12.0 Å². The lowest BCUT2D eigenvalue weighted by molar-refractivity contribution is 0.0858. The van der Waals surface area contributed by atoms with E-state index >= 15 is 0 Å². The van der Waals surface area contributed by atoms with Crippen molar-refractivity contribution in [3.63, 3.8) is 0 Å². The van der Waals surface area contributed by atoms with Crippen LogP contribution in [0.4, 0.5) is 4.39 Å². The molecule has 0 aromatic carbocycles. The van der Waals surface area contributed by atoms with Gasteiger partial charge in [0, 0.05) is 31.9 Å². The molecule has 1 spiro atoms. The Morgan fingerprint density at radius 1 is 1.19 bits per heavy atom. The highest BCUT2D eigenvalue weighted by atomic mass is 19.1. The first-order valence-electron chi connectivity index (χ1n) is 8.12. The zero-order chi connectivity index (χ0) is 14.7. The first-order chi connectivity index (χ1) is 10.2. The molecule has 0 bridgehead atoms. The Bertz CT molecular complexity index is 479. The van der Waals surface area contributed by atoms with Gasteiger partial charge in [0.2, 0.25) is 0 Å². The maximum Gasteiger partial charge on any atom is 0.102 e. The molecule has 4 heteroatoms. The van der Waals surface area contributed by atoms with Crippen LogP contribution in [0.25, 0.3) is 0 Å². The first kappa shape index (κ1) is 14.9. The minimum atomic E-state index is -0.215. The second kappa shape index (κ2) is 6.41. The minimum Gasteiger partial charge on any atom is -0.300 e. The van der Waals surface area contributed by atoms with Crippen LogP contribution in [0.2, 0.25) is 0 Å². The van der Waals surface area contributed by atoms with Gasteiger partial charge in [-0.1, -0.05) is 6.07 Å². The minimum absolute atomic E-state index is 0.215. The molecule has 0 aliphatic carbocycles. The fourth-order valence-corrected chi connectivity index (χ4v) is 4.03. The molecule has 2 aliphatic rings. The maximum atomic E-state index is 12.5. The highest BCUT2D eigenvalue weighted by Gasteiger charge is 2.40. The highest BCUT2D eigenvalue weighted by Crippen LogP contribution is 2.39. The summed E-state index contributed by atoms with van der Waals surface area (Å²) < 4.78 is 12.5. The van der Waals surface area contributed by atoms with Crippen molar-refractivity contribution in [1.82, 2.24) is 14.8 Å². The third kappa shape index (κ3) is 3.61. The zero-order valence-electron chi connectivity index (χ0n) is 13.0. The third-order valence-corrected chi connectivity index (χ3v) is 4.99. The van der Waals surface area contributed by atoms with E-state index < -0.39 is 0 Å². The summed E-state index contributed by atoms with van der Waals surface area (Å²) >= 11 is 0. The number of piperidine rings is 1. The summed E-state index contributed by atoms with van der Waals surface area (Å²) in [5.74, 6) is 0. The molecule has 2 aliphatic heterocycles. The molecule has 3 rings (SSSR count). The van der Waals surface area contributed by atoms with Gasteiger partial charge in [0.1, 0.15) is 6.67 Å². The van der Waals surface area contributed by atoms with Crippen LogP contribution < -0.4 is 0 Å². The molecular weight excluding hydrogens is 265 g/mol. The van der Waals surface area contributed by atoms with Crippen molar-refractivity contribution >= 4 is 0 Å². The van der Waals surface area contributed by atoms with Gasteiger partial charge in [-0.15, -0.1) is 0 Å². The Hall–Kier alpha value is -1.00. The van der Waals surface area contributed by atoms with Crippen molar-refractivity contribution in [3.05, 3.63) is 29.6 Å². The van der Waals surface area contributed by atoms with Crippen molar-refractivity contribution in [2.75, 3.05) is 39.4 Å². The number of aryl methyl sites for hydroxylation is 1. The summed E-state index contributed by atoms with van der Waals surface area (Å²) in [4.78, 5) is 9.47. The lowest BCUT2D eigenvalue weighted by Gasteiger charge is -2.40. The molecule has 0 N–H and O–H groups in total. The maximum absolute atomic E-state index is 12.5. The Morgan fingerprint density at radius 2 is 2.05 bits per heavy atom. The van der Waals surface area contributed by atoms with E-state index in [1.54, 1.807) is 0 Å². The van der Waals surface area contributed by atoms with Gasteiger partial charge in [-0.05, 0) is 56.8 Å². The highest BCUT2D eigenvalue weighted by molar-refractivity contribution is 5.10. The normalized spacial score (nSPS) is 27.5. The molecule has 21 heavy (non-hydrogen) atoms. The van der Waals surface area contributed by atoms with E-state index in [1.165, 1.54) is 31.5 Å². The van der Waals surface area contributed by atoms with Gasteiger partial charge in [-0.3, -0.25) is 9.88 Å². The summed E-state index contributed by atoms with van der Waals surface area (Å²) in [5.41, 5.74) is 2.66. The second-order valence-electron chi connectivity index (χ2n) is 6.80. The number of pyridine rings is 1. The van der Waals surface area contributed by atoms with Crippen molar-refractivity contribution < 1.29 is 4.39 Å². The van der Waals surface area contributed by atoms with Crippen LogP contribution in [0.15, 0.2) is 18.2 Å². The second-order valence-corrected chi connectivity index (χ2v) is 6.80. The number of rotatable bonds is 4. The van der Waals surface area contributed by atoms with E-state index in [-0.39, 0.29) is 6.67 Å². The van der Waals surface area contributed by atoms with E-state index in [4.69, 9.17) is 0 Å². The SMILES string of the molecule is Cc1cccc(CN2CCCC3(CCN(CCF)C3)C2)n1. The Balaban J connectivity index is 1.61. The lowest BCUT2D eigenvalue weighted by atomic mass is 9.79. The Morgan fingerprint density at radius 3 is 2.86 bits per heavy atom. The number of hydrogen-bond acceptors (Lipinski definition) is 3. The van der Waals surface area contributed by atoms with Gasteiger partial charge in [-0.2, -0.15) is 0 Å². The number of hydrogen-bond donors (Lipinski definition) is 0. The summed E-state index contributed by atoms with van der Waals surface area (Å²) in [6.45, 7) is 7.86. The molecule has 1 unspecified atom stereocenters. The van der Waals surface area contributed by atoms with Gasteiger partial charge in [-0.25, -0.2) is 4.39 Å². The summed E-state index contributed by atoms with van der Waals surface area (Å²) in [7, 11) is 0. The average Bonchev–Trinajstić information content (AvgIpc) is 2.82. The van der Waals surface area contributed by atoms with E-state index in [1.807, 2.05) is 13.0 Å². The molecule has 1 aromatic rings. The fourth-order valence-electron chi connectivity index (χ4n) is 4.03. The molecular formula is C17H26FN3. The van der Waals surface area contributed by atoms with Crippen LogP contribution in [0.3, 0.4) is 0 Å². The van der Waals surface area contributed by atoms with Gasteiger partial charge >= 0.3 is 0 Å². The third-order valence-electron chi connectivity index (χ3n) is 4.99. The van der Waals surface area contributed by atoms with Crippen LogP contribution in [0.5, 0.6) is 0 Å². The quantitative estimate of drug-likeness (QED) is 0.850. The monoisotopic (exact) mass is 291 g/mol.